The Kier molecular flexibility index (Phi) is 5.79. The van der Waals surface area contributed by atoms with E-state index in [1.807, 2.05) is 12.1 Å². The normalized spacial score (nSPS) is 17.7. The van der Waals surface area contributed by atoms with E-state index in [1.54, 1.807) is 0 Å². The molecule has 8 nitrogen and oxygen atoms in total. The molecule has 3 rings (SSSR count). The minimum atomic E-state index is -0.483. The average Bonchev–Trinajstić information content (AvgIpc) is 3.03. The largest absolute Gasteiger partial charge is 0.374 e. The first-order valence-corrected chi connectivity index (χ1v) is 9.25. The zero-order valence-electron chi connectivity index (χ0n) is 14.6. The summed E-state index contributed by atoms with van der Waals surface area (Å²) in [7, 11) is 0. The SMILES string of the molecule is Cc1ccccc1CN1CCNC(=O)[C@H]1CC(=O)NCc1nnc(N)s1. The second-order valence-electron chi connectivity index (χ2n) is 6.22. The van der Waals surface area contributed by atoms with Crippen LogP contribution in [0.1, 0.15) is 22.6 Å². The van der Waals surface area contributed by atoms with Gasteiger partial charge in [0.2, 0.25) is 16.9 Å². The number of amides is 2. The third kappa shape index (κ3) is 4.55. The van der Waals surface area contributed by atoms with Gasteiger partial charge < -0.3 is 16.4 Å². The quantitative estimate of drug-likeness (QED) is 0.676. The molecule has 1 aromatic carbocycles. The van der Waals surface area contributed by atoms with Crippen LogP contribution < -0.4 is 16.4 Å². The molecule has 4 N–H and O–H groups in total. The molecule has 1 aromatic heterocycles. The van der Waals surface area contributed by atoms with Crippen molar-refractivity contribution >= 4 is 28.3 Å². The third-order valence-corrected chi connectivity index (χ3v) is 5.13. The van der Waals surface area contributed by atoms with Gasteiger partial charge in [0.25, 0.3) is 0 Å². The molecule has 1 fully saturated rings. The summed E-state index contributed by atoms with van der Waals surface area (Å²) in [4.78, 5) is 26.7. The maximum absolute atomic E-state index is 12.3. The van der Waals surface area contributed by atoms with Crippen molar-refractivity contribution in [2.75, 3.05) is 18.8 Å². The number of aryl methyl sites for hydroxylation is 1. The van der Waals surface area contributed by atoms with E-state index in [1.165, 1.54) is 16.9 Å². The van der Waals surface area contributed by atoms with Crippen molar-refractivity contribution in [3.8, 4) is 0 Å². The van der Waals surface area contributed by atoms with E-state index in [0.717, 1.165) is 5.56 Å². The molecule has 26 heavy (non-hydrogen) atoms. The van der Waals surface area contributed by atoms with Crippen molar-refractivity contribution in [3.63, 3.8) is 0 Å². The number of nitrogens with one attached hydrogen (secondary N) is 2. The Morgan fingerprint density at radius 1 is 1.42 bits per heavy atom. The number of anilines is 1. The lowest BCUT2D eigenvalue weighted by Crippen LogP contribution is -2.56. The number of carbonyl (C=O) groups excluding carboxylic acids is 2. The van der Waals surface area contributed by atoms with Gasteiger partial charge in [-0.1, -0.05) is 35.6 Å². The van der Waals surface area contributed by atoms with Crippen molar-refractivity contribution in [3.05, 3.63) is 40.4 Å². The molecule has 0 aliphatic carbocycles. The maximum atomic E-state index is 12.3. The van der Waals surface area contributed by atoms with Gasteiger partial charge in [-0.15, -0.1) is 10.2 Å². The van der Waals surface area contributed by atoms with Crippen LogP contribution in [0.25, 0.3) is 0 Å². The van der Waals surface area contributed by atoms with Gasteiger partial charge in [0.15, 0.2) is 0 Å². The van der Waals surface area contributed by atoms with E-state index in [2.05, 4.69) is 44.8 Å². The highest BCUT2D eigenvalue weighted by atomic mass is 32.1. The predicted molar refractivity (Wildman–Crippen MR) is 99.2 cm³/mol. The molecule has 138 valence electrons. The minimum Gasteiger partial charge on any atom is -0.374 e. The highest BCUT2D eigenvalue weighted by Crippen LogP contribution is 2.17. The van der Waals surface area contributed by atoms with Gasteiger partial charge in [0, 0.05) is 19.6 Å². The van der Waals surface area contributed by atoms with Gasteiger partial charge >= 0.3 is 0 Å². The predicted octanol–water partition coefficient (Wildman–Crippen LogP) is 0.436. The Labute approximate surface area is 155 Å². The van der Waals surface area contributed by atoms with Crippen LogP contribution in [-0.4, -0.2) is 46.0 Å². The molecule has 2 aromatic rings. The summed E-state index contributed by atoms with van der Waals surface area (Å²) in [6.45, 7) is 4.26. The van der Waals surface area contributed by atoms with Crippen molar-refractivity contribution in [2.24, 2.45) is 0 Å². The van der Waals surface area contributed by atoms with E-state index in [0.29, 0.717) is 29.8 Å². The number of nitrogen functional groups attached to an aromatic ring is 1. The highest BCUT2D eigenvalue weighted by molar-refractivity contribution is 7.15. The van der Waals surface area contributed by atoms with Gasteiger partial charge in [0.05, 0.1) is 19.0 Å². The van der Waals surface area contributed by atoms with Gasteiger partial charge in [0.1, 0.15) is 5.01 Å². The summed E-state index contributed by atoms with van der Waals surface area (Å²) >= 11 is 1.23. The molecule has 0 bridgehead atoms. The van der Waals surface area contributed by atoms with Gasteiger partial charge in [-0.25, -0.2) is 0 Å². The maximum Gasteiger partial charge on any atom is 0.237 e. The first-order valence-electron chi connectivity index (χ1n) is 8.44. The number of hydrogen-bond donors (Lipinski definition) is 3. The molecule has 2 heterocycles. The fraction of sp³-hybridized carbons (Fsp3) is 0.412. The lowest BCUT2D eigenvalue weighted by Gasteiger charge is -2.35. The number of nitrogens with two attached hydrogens (primary N) is 1. The van der Waals surface area contributed by atoms with Crippen LogP contribution >= 0.6 is 11.3 Å². The van der Waals surface area contributed by atoms with Crippen LogP contribution in [-0.2, 0) is 22.7 Å². The van der Waals surface area contributed by atoms with Gasteiger partial charge in [-0.3, -0.25) is 14.5 Å². The summed E-state index contributed by atoms with van der Waals surface area (Å²) in [6.07, 6.45) is 0.103. The third-order valence-electron chi connectivity index (χ3n) is 4.37. The topological polar surface area (TPSA) is 113 Å². The number of aromatic nitrogens is 2. The van der Waals surface area contributed by atoms with E-state index in [9.17, 15) is 9.59 Å². The van der Waals surface area contributed by atoms with E-state index in [-0.39, 0.29) is 24.8 Å². The Bertz CT molecular complexity index is 793. The Morgan fingerprint density at radius 3 is 2.96 bits per heavy atom. The molecule has 1 aliphatic heterocycles. The molecule has 9 heteroatoms. The molecular weight excluding hydrogens is 352 g/mol. The standard InChI is InChI=1S/C17H22N6O2S/c1-11-4-2-3-5-12(11)10-23-7-6-19-16(25)13(23)8-14(24)20-9-15-21-22-17(18)26-15/h2-5,13H,6-10H2,1H3,(H2,18,22)(H,19,25)(H,20,24)/t13-/m1/s1. The Morgan fingerprint density at radius 2 is 2.23 bits per heavy atom. The zero-order valence-corrected chi connectivity index (χ0v) is 15.4. The van der Waals surface area contributed by atoms with Crippen LogP contribution in [0.2, 0.25) is 0 Å². The Balaban J connectivity index is 1.61. The lowest BCUT2D eigenvalue weighted by molar-refractivity contribution is -0.134. The number of rotatable bonds is 6. The molecule has 1 saturated heterocycles. The number of piperazine rings is 1. The number of hydrogen-bond acceptors (Lipinski definition) is 7. The van der Waals surface area contributed by atoms with Crippen LogP contribution in [0.3, 0.4) is 0 Å². The first-order chi connectivity index (χ1) is 12.5. The molecule has 1 atom stereocenters. The van der Waals surface area contributed by atoms with Crippen molar-refractivity contribution < 1.29 is 9.59 Å². The summed E-state index contributed by atoms with van der Waals surface area (Å²) in [6, 6.07) is 7.60. The molecule has 0 spiro atoms. The number of nitrogens with zero attached hydrogens (tertiary/aromatic N) is 3. The molecule has 0 radical (unpaired) electrons. The van der Waals surface area contributed by atoms with Crippen LogP contribution in [0, 0.1) is 6.92 Å². The number of carbonyl (C=O) groups is 2. The number of benzene rings is 1. The second-order valence-corrected chi connectivity index (χ2v) is 7.31. The second kappa shape index (κ2) is 8.24. The van der Waals surface area contributed by atoms with Crippen LogP contribution in [0.4, 0.5) is 5.13 Å². The van der Waals surface area contributed by atoms with E-state index < -0.39 is 6.04 Å². The molecule has 0 saturated carbocycles. The van der Waals surface area contributed by atoms with Crippen LogP contribution in [0.15, 0.2) is 24.3 Å². The van der Waals surface area contributed by atoms with Crippen molar-refractivity contribution in [1.82, 2.24) is 25.7 Å². The summed E-state index contributed by atoms with van der Waals surface area (Å²) in [5.74, 6) is -0.309. The zero-order chi connectivity index (χ0) is 18.5. The highest BCUT2D eigenvalue weighted by Gasteiger charge is 2.31. The van der Waals surface area contributed by atoms with Gasteiger partial charge in [-0.2, -0.15) is 0 Å². The van der Waals surface area contributed by atoms with Crippen molar-refractivity contribution in [1.29, 1.82) is 0 Å². The monoisotopic (exact) mass is 374 g/mol. The fourth-order valence-corrected chi connectivity index (χ4v) is 3.49. The fourth-order valence-electron chi connectivity index (χ4n) is 2.94. The summed E-state index contributed by atoms with van der Waals surface area (Å²) < 4.78 is 0. The van der Waals surface area contributed by atoms with E-state index in [4.69, 9.17) is 5.73 Å². The summed E-state index contributed by atoms with van der Waals surface area (Å²) in [5.41, 5.74) is 7.87. The smallest absolute Gasteiger partial charge is 0.237 e. The lowest BCUT2D eigenvalue weighted by atomic mass is 10.0. The van der Waals surface area contributed by atoms with Gasteiger partial charge in [-0.05, 0) is 18.1 Å². The molecule has 2 amide bonds. The van der Waals surface area contributed by atoms with Crippen LogP contribution in [0.5, 0.6) is 0 Å². The molecule has 0 unspecified atom stereocenters. The van der Waals surface area contributed by atoms with E-state index >= 15 is 0 Å². The molecular formula is C17H22N6O2S. The summed E-state index contributed by atoms with van der Waals surface area (Å²) in [5, 5.41) is 14.2. The minimum absolute atomic E-state index is 0.103. The first kappa shape index (κ1) is 18.3. The Hall–Kier alpha value is -2.52. The average molecular weight is 374 g/mol. The van der Waals surface area contributed by atoms with Crippen molar-refractivity contribution in [2.45, 2.75) is 32.5 Å². The molecule has 1 aliphatic rings.